The SMILES string of the molecule is CCN(C1=C(Cl)C(=O)N(c2ccccc2C)C1=O)c1cccc(C)c1. The zero-order valence-electron chi connectivity index (χ0n) is 14.4. The third-order valence-corrected chi connectivity index (χ3v) is 4.60. The van der Waals surface area contributed by atoms with E-state index >= 15 is 0 Å². The van der Waals surface area contributed by atoms with E-state index < -0.39 is 11.8 Å². The van der Waals surface area contributed by atoms with Gasteiger partial charge in [-0.3, -0.25) is 9.59 Å². The molecule has 0 unspecified atom stereocenters. The summed E-state index contributed by atoms with van der Waals surface area (Å²) in [5, 5.41) is -0.0448. The number of carbonyl (C=O) groups excluding carboxylic acids is 2. The smallest absolute Gasteiger partial charge is 0.283 e. The van der Waals surface area contributed by atoms with E-state index in [1.807, 2.05) is 57.2 Å². The lowest BCUT2D eigenvalue weighted by molar-refractivity contribution is -0.120. The van der Waals surface area contributed by atoms with Crippen LogP contribution in [0.25, 0.3) is 0 Å². The van der Waals surface area contributed by atoms with Gasteiger partial charge in [0.2, 0.25) is 0 Å². The lowest BCUT2D eigenvalue weighted by Gasteiger charge is -2.25. The number of amides is 2. The second kappa shape index (κ2) is 6.73. The van der Waals surface area contributed by atoms with Gasteiger partial charge in [-0.25, -0.2) is 4.90 Å². The summed E-state index contributed by atoms with van der Waals surface area (Å²) >= 11 is 6.31. The Hall–Kier alpha value is -2.59. The Morgan fingerprint density at radius 2 is 1.72 bits per heavy atom. The van der Waals surface area contributed by atoms with Crippen LogP contribution >= 0.6 is 11.6 Å². The number of halogens is 1. The quantitative estimate of drug-likeness (QED) is 0.774. The summed E-state index contributed by atoms with van der Waals surface area (Å²) in [4.78, 5) is 28.7. The molecule has 0 N–H and O–H groups in total. The molecule has 0 atom stereocenters. The van der Waals surface area contributed by atoms with Gasteiger partial charge in [0, 0.05) is 12.2 Å². The molecule has 4 nitrogen and oxygen atoms in total. The lowest BCUT2D eigenvalue weighted by Crippen LogP contribution is -2.35. The van der Waals surface area contributed by atoms with E-state index in [9.17, 15) is 9.59 Å². The fourth-order valence-corrected chi connectivity index (χ4v) is 3.29. The third-order valence-electron chi connectivity index (χ3n) is 4.26. The van der Waals surface area contributed by atoms with Crippen molar-refractivity contribution in [1.82, 2.24) is 0 Å². The van der Waals surface area contributed by atoms with Crippen molar-refractivity contribution in [2.75, 3.05) is 16.3 Å². The Morgan fingerprint density at radius 1 is 1.00 bits per heavy atom. The molecule has 2 amide bonds. The van der Waals surface area contributed by atoms with Crippen LogP contribution in [0.2, 0.25) is 0 Å². The van der Waals surface area contributed by atoms with Crippen LogP contribution in [0.1, 0.15) is 18.1 Å². The summed E-state index contributed by atoms with van der Waals surface area (Å²) in [6, 6.07) is 15.0. The highest BCUT2D eigenvalue weighted by Gasteiger charge is 2.41. The minimum Gasteiger partial charge on any atom is -0.336 e. The van der Waals surface area contributed by atoms with Gasteiger partial charge in [-0.05, 0) is 50.1 Å². The van der Waals surface area contributed by atoms with Crippen LogP contribution in [0.15, 0.2) is 59.3 Å². The van der Waals surface area contributed by atoms with Crippen molar-refractivity contribution in [3.05, 3.63) is 70.4 Å². The topological polar surface area (TPSA) is 40.6 Å². The van der Waals surface area contributed by atoms with E-state index in [1.165, 1.54) is 0 Å². The van der Waals surface area contributed by atoms with Crippen LogP contribution in [-0.2, 0) is 9.59 Å². The number of imide groups is 1. The van der Waals surface area contributed by atoms with E-state index in [0.717, 1.165) is 21.7 Å². The third kappa shape index (κ3) is 2.94. The molecule has 5 heteroatoms. The summed E-state index contributed by atoms with van der Waals surface area (Å²) < 4.78 is 0. The fraction of sp³-hybridized carbons (Fsp3) is 0.200. The predicted octanol–water partition coefficient (Wildman–Crippen LogP) is 4.15. The van der Waals surface area contributed by atoms with E-state index in [2.05, 4.69) is 0 Å². The minimum absolute atomic E-state index is 0.0448. The van der Waals surface area contributed by atoms with Crippen LogP contribution in [-0.4, -0.2) is 18.4 Å². The van der Waals surface area contributed by atoms with E-state index in [-0.39, 0.29) is 10.7 Å². The molecule has 1 aliphatic rings. The number of carbonyl (C=O) groups is 2. The highest BCUT2D eigenvalue weighted by Crippen LogP contribution is 2.34. The van der Waals surface area contributed by atoms with Gasteiger partial charge in [-0.1, -0.05) is 41.9 Å². The highest BCUT2D eigenvalue weighted by atomic mass is 35.5. The molecule has 25 heavy (non-hydrogen) atoms. The van der Waals surface area contributed by atoms with Crippen LogP contribution in [0.4, 0.5) is 11.4 Å². The second-order valence-corrected chi connectivity index (χ2v) is 6.36. The Morgan fingerprint density at radius 3 is 2.36 bits per heavy atom. The second-order valence-electron chi connectivity index (χ2n) is 5.98. The zero-order valence-corrected chi connectivity index (χ0v) is 15.2. The number of benzene rings is 2. The predicted molar refractivity (Wildman–Crippen MR) is 101 cm³/mol. The molecule has 0 aliphatic carbocycles. The number of likely N-dealkylation sites (N-methyl/N-ethyl adjacent to an activating group) is 1. The summed E-state index contributed by atoms with van der Waals surface area (Å²) in [6.45, 7) is 6.29. The van der Waals surface area contributed by atoms with Gasteiger partial charge in [0.05, 0.1) is 5.69 Å². The van der Waals surface area contributed by atoms with Crippen molar-refractivity contribution in [2.45, 2.75) is 20.8 Å². The first-order chi connectivity index (χ1) is 12.0. The average Bonchev–Trinajstić information content (AvgIpc) is 2.80. The number of hydrogen-bond donors (Lipinski definition) is 0. The normalized spacial score (nSPS) is 14.5. The molecule has 2 aromatic rings. The minimum atomic E-state index is -0.484. The van der Waals surface area contributed by atoms with Crippen molar-refractivity contribution < 1.29 is 9.59 Å². The molecule has 2 aromatic carbocycles. The van der Waals surface area contributed by atoms with Crippen molar-refractivity contribution in [2.24, 2.45) is 0 Å². The fourth-order valence-electron chi connectivity index (χ4n) is 3.02. The molecule has 3 rings (SSSR count). The zero-order chi connectivity index (χ0) is 18.1. The maximum atomic E-state index is 13.1. The highest BCUT2D eigenvalue weighted by molar-refractivity contribution is 6.53. The van der Waals surface area contributed by atoms with Gasteiger partial charge < -0.3 is 4.90 Å². The summed E-state index contributed by atoms with van der Waals surface area (Å²) in [6.07, 6.45) is 0. The molecular formula is C20H19ClN2O2. The first kappa shape index (κ1) is 17.2. The molecule has 0 aromatic heterocycles. The van der Waals surface area contributed by atoms with Crippen molar-refractivity contribution in [3.63, 3.8) is 0 Å². The summed E-state index contributed by atoms with van der Waals surface area (Å²) in [7, 11) is 0. The molecule has 0 spiro atoms. The van der Waals surface area contributed by atoms with Crippen molar-refractivity contribution >= 4 is 34.8 Å². The standard InChI is InChI=1S/C20H19ClN2O2/c1-4-22(15-10-7-8-13(2)12-15)18-17(21)19(24)23(20(18)25)16-11-6-5-9-14(16)3/h5-12H,4H2,1-3H3. The maximum Gasteiger partial charge on any atom is 0.283 e. The average molecular weight is 355 g/mol. The van der Waals surface area contributed by atoms with Gasteiger partial charge in [0.1, 0.15) is 10.7 Å². The van der Waals surface area contributed by atoms with Gasteiger partial charge in [-0.2, -0.15) is 0 Å². The number of aryl methyl sites for hydroxylation is 2. The molecule has 1 heterocycles. The van der Waals surface area contributed by atoms with E-state index in [4.69, 9.17) is 11.6 Å². The van der Waals surface area contributed by atoms with Crippen LogP contribution in [0, 0.1) is 13.8 Å². The largest absolute Gasteiger partial charge is 0.336 e. The Balaban J connectivity index is 2.06. The van der Waals surface area contributed by atoms with E-state index in [0.29, 0.717) is 12.2 Å². The van der Waals surface area contributed by atoms with Gasteiger partial charge in [-0.15, -0.1) is 0 Å². The molecular weight excluding hydrogens is 336 g/mol. The van der Waals surface area contributed by atoms with Gasteiger partial charge in [0.15, 0.2) is 0 Å². The van der Waals surface area contributed by atoms with Gasteiger partial charge >= 0.3 is 0 Å². The summed E-state index contributed by atoms with van der Waals surface area (Å²) in [5.41, 5.74) is 3.53. The van der Waals surface area contributed by atoms with Crippen LogP contribution in [0.3, 0.4) is 0 Å². The molecule has 0 fully saturated rings. The van der Waals surface area contributed by atoms with Crippen molar-refractivity contribution in [3.8, 4) is 0 Å². The molecule has 1 aliphatic heterocycles. The molecule has 0 bridgehead atoms. The number of hydrogen-bond acceptors (Lipinski definition) is 3. The van der Waals surface area contributed by atoms with Crippen molar-refractivity contribution in [1.29, 1.82) is 0 Å². The lowest BCUT2D eigenvalue weighted by atomic mass is 10.2. The number of anilines is 2. The first-order valence-corrected chi connectivity index (χ1v) is 8.52. The Bertz CT molecular complexity index is 889. The maximum absolute atomic E-state index is 13.1. The monoisotopic (exact) mass is 354 g/mol. The van der Waals surface area contributed by atoms with Crippen LogP contribution in [0.5, 0.6) is 0 Å². The van der Waals surface area contributed by atoms with Crippen LogP contribution < -0.4 is 9.80 Å². The van der Waals surface area contributed by atoms with Gasteiger partial charge in [0.25, 0.3) is 11.8 Å². The number of para-hydroxylation sites is 1. The summed E-state index contributed by atoms with van der Waals surface area (Å²) in [5.74, 6) is -0.880. The molecule has 0 radical (unpaired) electrons. The molecule has 128 valence electrons. The van der Waals surface area contributed by atoms with E-state index in [1.54, 1.807) is 17.0 Å². The number of rotatable bonds is 4. The first-order valence-electron chi connectivity index (χ1n) is 8.14. The Kier molecular flexibility index (Phi) is 4.64. The molecule has 0 saturated carbocycles. The number of nitrogens with zero attached hydrogens (tertiary/aromatic N) is 2. The molecule has 0 saturated heterocycles. The Labute approximate surface area is 152 Å².